The fourth-order valence-corrected chi connectivity index (χ4v) is 3.37. The molecule has 0 bridgehead atoms. The molecule has 0 saturated heterocycles. The van der Waals surface area contributed by atoms with E-state index in [-0.39, 0.29) is 11.2 Å². The molecule has 0 spiro atoms. The van der Waals surface area contributed by atoms with E-state index in [4.69, 9.17) is 11.6 Å². The molecule has 0 aromatic heterocycles. The molecule has 1 aromatic carbocycles. The molecule has 0 aliphatic carbocycles. The lowest BCUT2D eigenvalue weighted by molar-refractivity contribution is 0.397. The lowest BCUT2D eigenvalue weighted by atomic mass is 9.94. The number of hydrogen-bond donors (Lipinski definition) is 1. The summed E-state index contributed by atoms with van der Waals surface area (Å²) in [5.74, 6) is 0.0927. The summed E-state index contributed by atoms with van der Waals surface area (Å²) in [7, 11) is -3.35. The van der Waals surface area contributed by atoms with E-state index >= 15 is 0 Å². The SMILES string of the molecule is CC(C)(C)CCS(=O)(=O)Nc1cc(Cl)ccc1Br. The highest BCUT2D eigenvalue weighted by molar-refractivity contribution is 9.10. The summed E-state index contributed by atoms with van der Waals surface area (Å²) in [6.07, 6.45) is 0.598. The smallest absolute Gasteiger partial charge is 0.232 e. The van der Waals surface area contributed by atoms with Crippen molar-refractivity contribution in [2.24, 2.45) is 5.41 Å². The Morgan fingerprint density at radius 2 is 1.94 bits per heavy atom. The molecule has 0 aliphatic rings. The molecule has 0 fully saturated rings. The van der Waals surface area contributed by atoms with Crippen LogP contribution in [0.25, 0.3) is 0 Å². The largest absolute Gasteiger partial charge is 0.282 e. The number of hydrogen-bond acceptors (Lipinski definition) is 2. The molecular weight excluding hydrogens is 338 g/mol. The summed E-state index contributed by atoms with van der Waals surface area (Å²) in [4.78, 5) is 0. The van der Waals surface area contributed by atoms with E-state index < -0.39 is 10.0 Å². The summed E-state index contributed by atoms with van der Waals surface area (Å²) < 4.78 is 27.1. The Morgan fingerprint density at radius 3 is 2.50 bits per heavy atom. The van der Waals surface area contributed by atoms with E-state index in [1.165, 1.54) is 0 Å². The zero-order chi connectivity index (χ0) is 14.0. The molecule has 0 aliphatic heterocycles. The van der Waals surface area contributed by atoms with Crippen molar-refractivity contribution in [1.82, 2.24) is 0 Å². The first-order valence-corrected chi connectivity index (χ1v) is 8.37. The number of rotatable bonds is 4. The third-order valence-corrected chi connectivity index (χ3v) is 4.51. The van der Waals surface area contributed by atoms with Gasteiger partial charge in [0.2, 0.25) is 10.0 Å². The molecule has 0 radical (unpaired) electrons. The van der Waals surface area contributed by atoms with Crippen LogP contribution in [-0.2, 0) is 10.0 Å². The molecule has 18 heavy (non-hydrogen) atoms. The first-order valence-electron chi connectivity index (χ1n) is 5.55. The second-order valence-corrected chi connectivity index (χ2v) is 8.49. The van der Waals surface area contributed by atoms with Crippen molar-refractivity contribution in [1.29, 1.82) is 0 Å². The fraction of sp³-hybridized carbons (Fsp3) is 0.500. The Hall–Kier alpha value is -0.260. The van der Waals surface area contributed by atoms with E-state index in [2.05, 4.69) is 20.7 Å². The van der Waals surface area contributed by atoms with Crippen LogP contribution in [0.3, 0.4) is 0 Å². The minimum Gasteiger partial charge on any atom is -0.282 e. The third kappa shape index (κ3) is 5.59. The van der Waals surface area contributed by atoms with Crippen LogP contribution in [-0.4, -0.2) is 14.2 Å². The predicted octanol–water partition coefficient (Wildman–Crippen LogP) is 4.28. The summed E-state index contributed by atoms with van der Waals surface area (Å²) in [5, 5.41) is 0.492. The zero-order valence-corrected chi connectivity index (χ0v) is 13.8. The predicted molar refractivity (Wildman–Crippen MR) is 80.6 cm³/mol. The summed E-state index contributed by atoms with van der Waals surface area (Å²) in [6.45, 7) is 6.04. The van der Waals surface area contributed by atoms with Crippen molar-refractivity contribution in [3.8, 4) is 0 Å². The van der Waals surface area contributed by atoms with Crippen LogP contribution in [0.5, 0.6) is 0 Å². The second-order valence-electron chi connectivity index (χ2n) is 5.36. The van der Waals surface area contributed by atoms with Gasteiger partial charge < -0.3 is 0 Å². The molecule has 1 aromatic rings. The Kier molecular flexibility index (Phi) is 5.09. The number of anilines is 1. The first kappa shape index (κ1) is 15.8. The summed E-state index contributed by atoms with van der Waals surface area (Å²) >= 11 is 9.13. The molecular formula is C12H17BrClNO2S. The maximum Gasteiger partial charge on any atom is 0.232 e. The second kappa shape index (κ2) is 5.80. The average molecular weight is 355 g/mol. The van der Waals surface area contributed by atoms with Crippen molar-refractivity contribution in [3.63, 3.8) is 0 Å². The highest BCUT2D eigenvalue weighted by Gasteiger charge is 2.18. The van der Waals surface area contributed by atoms with Crippen LogP contribution in [0.1, 0.15) is 27.2 Å². The zero-order valence-electron chi connectivity index (χ0n) is 10.6. The van der Waals surface area contributed by atoms with Gasteiger partial charge >= 0.3 is 0 Å². The Labute approximate surface area is 122 Å². The van der Waals surface area contributed by atoms with Crippen LogP contribution in [0.4, 0.5) is 5.69 Å². The van der Waals surface area contributed by atoms with E-state index in [0.717, 1.165) is 0 Å². The Balaban J connectivity index is 2.80. The average Bonchev–Trinajstić information content (AvgIpc) is 2.20. The van der Waals surface area contributed by atoms with Gasteiger partial charge in [-0.15, -0.1) is 0 Å². The van der Waals surface area contributed by atoms with Crippen molar-refractivity contribution < 1.29 is 8.42 Å². The van der Waals surface area contributed by atoms with Gasteiger partial charge in [-0.1, -0.05) is 32.4 Å². The van der Waals surface area contributed by atoms with Gasteiger partial charge in [0.25, 0.3) is 0 Å². The van der Waals surface area contributed by atoms with Gasteiger partial charge in [-0.05, 0) is 46.0 Å². The molecule has 6 heteroatoms. The molecule has 102 valence electrons. The Bertz CT molecular complexity index is 523. The Morgan fingerprint density at radius 1 is 1.33 bits per heavy atom. The van der Waals surface area contributed by atoms with E-state index in [1.54, 1.807) is 18.2 Å². The van der Waals surface area contributed by atoms with Crippen LogP contribution < -0.4 is 4.72 Å². The van der Waals surface area contributed by atoms with Gasteiger partial charge in [0.15, 0.2) is 0 Å². The highest BCUT2D eigenvalue weighted by Crippen LogP contribution is 2.27. The molecule has 0 atom stereocenters. The normalized spacial score (nSPS) is 12.5. The van der Waals surface area contributed by atoms with Gasteiger partial charge in [0.1, 0.15) is 0 Å². The van der Waals surface area contributed by atoms with Gasteiger partial charge in [-0.2, -0.15) is 0 Å². The van der Waals surface area contributed by atoms with Crippen LogP contribution in [0, 0.1) is 5.41 Å². The minimum atomic E-state index is -3.35. The monoisotopic (exact) mass is 353 g/mol. The molecule has 3 nitrogen and oxygen atoms in total. The van der Waals surface area contributed by atoms with Crippen molar-refractivity contribution in [3.05, 3.63) is 27.7 Å². The van der Waals surface area contributed by atoms with Crippen molar-refractivity contribution >= 4 is 43.2 Å². The van der Waals surface area contributed by atoms with Gasteiger partial charge in [0.05, 0.1) is 11.4 Å². The molecule has 0 amide bonds. The molecule has 0 heterocycles. The van der Waals surface area contributed by atoms with Crippen molar-refractivity contribution in [2.75, 3.05) is 10.5 Å². The van der Waals surface area contributed by atoms with Crippen LogP contribution in [0.15, 0.2) is 22.7 Å². The molecule has 0 saturated carbocycles. The number of nitrogens with one attached hydrogen (secondary N) is 1. The first-order chi connectivity index (χ1) is 8.09. The maximum absolute atomic E-state index is 11.9. The van der Waals surface area contributed by atoms with E-state index in [0.29, 0.717) is 21.6 Å². The third-order valence-electron chi connectivity index (χ3n) is 2.31. The quantitative estimate of drug-likeness (QED) is 0.877. The number of benzene rings is 1. The number of sulfonamides is 1. The van der Waals surface area contributed by atoms with E-state index in [9.17, 15) is 8.42 Å². The standard InChI is InChI=1S/C12H17BrClNO2S/c1-12(2,3)6-7-18(16,17)15-11-8-9(14)4-5-10(11)13/h4-5,8,15H,6-7H2,1-3H3. The summed E-state index contributed by atoms with van der Waals surface area (Å²) in [6, 6.07) is 4.99. The molecule has 0 unspecified atom stereocenters. The van der Waals surface area contributed by atoms with Crippen molar-refractivity contribution in [2.45, 2.75) is 27.2 Å². The summed E-state index contributed by atoms with van der Waals surface area (Å²) in [5.41, 5.74) is 0.455. The van der Waals surface area contributed by atoms with Gasteiger partial charge in [0, 0.05) is 9.50 Å². The highest BCUT2D eigenvalue weighted by atomic mass is 79.9. The van der Waals surface area contributed by atoms with Crippen LogP contribution >= 0.6 is 27.5 Å². The van der Waals surface area contributed by atoms with E-state index in [1.807, 2.05) is 20.8 Å². The lowest BCUT2D eigenvalue weighted by Gasteiger charge is -2.18. The van der Waals surface area contributed by atoms with Gasteiger partial charge in [-0.3, -0.25) is 4.72 Å². The topological polar surface area (TPSA) is 46.2 Å². The van der Waals surface area contributed by atoms with Gasteiger partial charge in [-0.25, -0.2) is 8.42 Å². The minimum absolute atomic E-state index is 0.0136. The van der Waals surface area contributed by atoms with Crippen LogP contribution in [0.2, 0.25) is 5.02 Å². The molecule has 1 rings (SSSR count). The fourth-order valence-electron chi connectivity index (χ4n) is 1.23. The molecule has 1 N–H and O–H groups in total. The number of halogens is 2. The maximum atomic E-state index is 11.9. The lowest BCUT2D eigenvalue weighted by Crippen LogP contribution is -2.21.